The minimum atomic E-state index is -5.87. The highest BCUT2D eigenvalue weighted by molar-refractivity contribution is 9.11. The number of fused-ring (bicyclic) bond motifs is 3. The van der Waals surface area contributed by atoms with E-state index in [0.717, 1.165) is 11.3 Å². The lowest BCUT2D eigenvalue weighted by Gasteiger charge is -2.39. The molecular formula is C49H36Br4F6N2O8S. The monoisotopic (exact) mass is 1240 g/mol. The number of nitrogens with one attached hydrogen (secondary N) is 2. The molecular weight excluding hydrogens is 1210 g/mol. The van der Waals surface area contributed by atoms with E-state index in [4.69, 9.17) is 9.47 Å². The van der Waals surface area contributed by atoms with Crippen LogP contribution < -0.4 is 20.1 Å². The molecule has 366 valence electrons. The maximum absolute atomic E-state index is 14.7. The number of aryl methyl sites for hydroxylation is 1. The predicted octanol–water partition coefficient (Wildman–Crippen LogP) is 14.2. The summed E-state index contributed by atoms with van der Waals surface area (Å²) >= 11 is 11.9. The number of anilines is 2. The minimum absolute atomic E-state index is 0.00420. The number of rotatable bonds is 10. The molecule has 0 saturated carbocycles. The second-order valence-corrected chi connectivity index (χ2v) is 20.9. The van der Waals surface area contributed by atoms with Crippen molar-refractivity contribution in [3.63, 3.8) is 0 Å². The lowest BCUT2D eigenvalue weighted by Crippen LogP contribution is -2.54. The van der Waals surface area contributed by atoms with E-state index in [0.29, 0.717) is 62.7 Å². The fraction of sp³-hybridized carbons (Fsp3) is 0.184. The summed E-state index contributed by atoms with van der Waals surface area (Å²) in [4.78, 5) is 49.2. The molecule has 6 aromatic rings. The van der Waals surface area contributed by atoms with E-state index in [1.165, 1.54) is 57.4 Å². The van der Waals surface area contributed by atoms with Gasteiger partial charge in [0, 0.05) is 46.2 Å². The lowest BCUT2D eigenvalue weighted by atomic mass is 9.73. The summed E-state index contributed by atoms with van der Waals surface area (Å²) in [6.45, 7) is 6.32. The van der Waals surface area contributed by atoms with Crippen LogP contribution in [0, 0.1) is 13.8 Å². The summed E-state index contributed by atoms with van der Waals surface area (Å²) in [5.41, 5.74) is -2.06. The second kappa shape index (κ2) is 20.4. The first-order valence-corrected chi connectivity index (χ1v) is 24.9. The number of alkyl halides is 6. The standard InChI is InChI=1S/C25H14Br4F6O4.C24H22N2O4S/c1-11(36)12-4-3-5-13(6-12)22(37)39-21-18(28)9-15(10-19(21)29)23(24(30,31)32,25(33,34)35)14-7-16(26)20(38-2)17(27)8-14;1-13-10-19-18-8-9-20(25-4)14(2)23(18)31(29,30)22(19)12-21(13)26-24(28)17-7-5-6-16(11-17)15(3)27/h3-10H,1-2H3;5-12,25H,1-4H3,(H,26,28). The molecule has 7 rings (SSSR count). The zero-order valence-corrected chi connectivity index (χ0v) is 44.4. The normalized spacial score (nSPS) is 12.7. The Kier molecular flexibility index (Phi) is 15.7. The van der Waals surface area contributed by atoms with E-state index < -0.39 is 50.6 Å². The zero-order valence-electron chi connectivity index (χ0n) is 37.2. The van der Waals surface area contributed by atoms with Crippen molar-refractivity contribution in [2.45, 2.75) is 55.3 Å². The van der Waals surface area contributed by atoms with Crippen LogP contribution in [0.2, 0.25) is 0 Å². The number of esters is 1. The fourth-order valence-electron chi connectivity index (χ4n) is 7.80. The van der Waals surface area contributed by atoms with Crippen molar-refractivity contribution in [1.82, 2.24) is 0 Å². The second-order valence-electron chi connectivity index (χ2n) is 15.6. The molecule has 0 spiro atoms. The summed E-state index contributed by atoms with van der Waals surface area (Å²) in [7, 11) is -0.765. The third-order valence-corrected chi connectivity index (χ3v) is 15.6. The van der Waals surface area contributed by atoms with Gasteiger partial charge in [-0.3, -0.25) is 14.4 Å². The maximum Gasteiger partial charge on any atom is 0.411 e. The van der Waals surface area contributed by atoms with Gasteiger partial charge < -0.3 is 20.1 Å². The third kappa shape index (κ3) is 10.1. The minimum Gasteiger partial charge on any atom is -0.494 e. The van der Waals surface area contributed by atoms with Crippen molar-refractivity contribution in [2.24, 2.45) is 0 Å². The van der Waals surface area contributed by atoms with Crippen LogP contribution >= 0.6 is 63.7 Å². The van der Waals surface area contributed by atoms with E-state index in [1.54, 1.807) is 38.2 Å². The predicted molar refractivity (Wildman–Crippen MR) is 265 cm³/mol. The van der Waals surface area contributed by atoms with Crippen LogP contribution in [-0.2, 0) is 15.3 Å². The summed E-state index contributed by atoms with van der Waals surface area (Å²) < 4.78 is 124. The number of ether oxygens (including phenoxy) is 2. The highest BCUT2D eigenvalue weighted by Gasteiger charge is 2.73. The van der Waals surface area contributed by atoms with Crippen LogP contribution in [0.15, 0.2) is 125 Å². The van der Waals surface area contributed by atoms with Gasteiger partial charge in [0.2, 0.25) is 15.3 Å². The van der Waals surface area contributed by atoms with Gasteiger partial charge in [-0.1, -0.05) is 30.3 Å². The molecule has 0 unspecified atom stereocenters. The summed E-state index contributed by atoms with van der Waals surface area (Å²) in [5, 5.41) is 5.82. The lowest BCUT2D eigenvalue weighted by molar-refractivity contribution is -0.288. The number of benzene rings is 6. The number of hydrogen-bond acceptors (Lipinski definition) is 9. The Morgan fingerprint density at radius 2 is 1.07 bits per heavy atom. The molecule has 70 heavy (non-hydrogen) atoms. The van der Waals surface area contributed by atoms with Gasteiger partial charge >= 0.3 is 18.3 Å². The van der Waals surface area contributed by atoms with Crippen LogP contribution in [-0.4, -0.2) is 58.4 Å². The number of carbonyl (C=O) groups excluding carboxylic acids is 4. The Labute approximate surface area is 431 Å². The van der Waals surface area contributed by atoms with E-state index in [-0.39, 0.29) is 57.0 Å². The van der Waals surface area contributed by atoms with Crippen LogP contribution in [0.4, 0.5) is 37.7 Å². The fourth-order valence-corrected chi connectivity index (χ4v) is 12.6. The number of amides is 1. The van der Waals surface area contributed by atoms with Gasteiger partial charge in [-0.15, -0.1) is 0 Å². The van der Waals surface area contributed by atoms with Crippen molar-refractivity contribution in [2.75, 3.05) is 24.8 Å². The zero-order chi connectivity index (χ0) is 52.0. The average Bonchev–Trinajstić information content (AvgIpc) is 3.49. The SMILES string of the molecule is CNc1ccc2c(c1C)S(=O)(=O)c1cc(NC(=O)c3cccc(C(C)=O)c3)c(C)cc1-2.COc1c(Br)cc(C(c2cc(Br)c(OC(=O)c3cccc(C(C)=O)c3)c(Br)c2)(C(F)(F)F)C(F)(F)F)cc1Br. The molecule has 1 heterocycles. The van der Waals surface area contributed by atoms with Crippen LogP contribution in [0.5, 0.6) is 11.5 Å². The first-order valence-electron chi connectivity index (χ1n) is 20.2. The van der Waals surface area contributed by atoms with Gasteiger partial charge in [0.25, 0.3) is 5.91 Å². The van der Waals surface area contributed by atoms with Gasteiger partial charge in [0.05, 0.1) is 40.4 Å². The highest BCUT2D eigenvalue weighted by Crippen LogP contribution is 2.59. The number of Topliss-reactive ketones (excluding diaryl/α,β-unsaturated/α-hetero) is 2. The number of halogens is 10. The number of carbonyl (C=O) groups is 4. The van der Waals surface area contributed by atoms with E-state index >= 15 is 0 Å². The van der Waals surface area contributed by atoms with Gasteiger partial charge in [-0.25, -0.2) is 13.2 Å². The summed E-state index contributed by atoms with van der Waals surface area (Å²) in [6, 6.07) is 21.4. The number of hydrogen-bond donors (Lipinski definition) is 2. The molecule has 1 aliphatic heterocycles. The van der Waals surface area contributed by atoms with Crippen molar-refractivity contribution < 1.29 is 63.4 Å². The molecule has 0 aliphatic carbocycles. The van der Waals surface area contributed by atoms with Gasteiger partial charge in [0.15, 0.2) is 17.3 Å². The smallest absolute Gasteiger partial charge is 0.411 e. The van der Waals surface area contributed by atoms with Gasteiger partial charge in [-0.2, -0.15) is 26.3 Å². The Morgan fingerprint density at radius 3 is 1.54 bits per heavy atom. The van der Waals surface area contributed by atoms with Crippen LogP contribution in [0.25, 0.3) is 11.1 Å². The average molecular weight is 1250 g/mol. The topological polar surface area (TPSA) is 145 Å². The Hall–Kier alpha value is -5.35. The molecule has 0 atom stereocenters. The number of ketones is 2. The van der Waals surface area contributed by atoms with Gasteiger partial charge in [0.1, 0.15) is 5.75 Å². The molecule has 21 heteroatoms. The van der Waals surface area contributed by atoms with Crippen molar-refractivity contribution in [3.8, 4) is 22.6 Å². The molecule has 0 saturated heterocycles. The molecule has 0 radical (unpaired) electrons. The van der Waals surface area contributed by atoms with Crippen molar-refractivity contribution in [3.05, 3.63) is 159 Å². The van der Waals surface area contributed by atoms with E-state index in [2.05, 4.69) is 74.4 Å². The quantitative estimate of drug-likeness (QED) is 0.0592. The molecule has 1 aliphatic rings. The highest BCUT2D eigenvalue weighted by atomic mass is 79.9. The molecule has 0 aromatic heterocycles. The maximum atomic E-state index is 14.7. The number of sulfone groups is 1. The summed E-state index contributed by atoms with van der Waals surface area (Å²) in [6.07, 6.45) is -11.7. The first kappa shape index (κ1) is 54.0. The molecule has 2 N–H and O–H groups in total. The first-order chi connectivity index (χ1) is 32.6. The van der Waals surface area contributed by atoms with E-state index in [1.807, 2.05) is 19.1 Å². The largest absolute Gasteiger partial charge is 0.494 e. The molecule has 10 nitrogen and oxygen atoms in total. The van der Waals surface area contributed by atoms with Crippen LogP contribution in [0.3, 0.4) is 0 Å². The molecule has 0 bridgehead atoms. The summed E-state index contributed by atoms with van der Waals surface area (Å²) in [5.74, 6) is -2.24. The Morgan fingerprint density at radius 1 is 0.600 bits per heavy atom. The molecule has 6 aromatic carbocycles. The molecule has 0 fully saturated rings. The number of methoxy groups -OCH3 is 1. The van der Waals surface area contributed by atoms with Crippen molar-refractivity contribution in [1.29, 1.82) is 0 Å². The van der Waals surface area contributed by atoms with Crippen molar-refractivity contribution >= 4 is 108 Å². The third-order valence-electron chi connectivity index (χ3n) is 11.2. The van der Waals surface area contributed by atoms with Gasteiger partial charge in [-0.05, 0) is 180 Å². The Bertz CT molecular complexity index is 3210. The van der Waals surface area contributed by atoms with Crippen LogP contribution in [0.1, 0.15) is 77.5 Å². The molecule has 1 amide bonds. The Balaban J connectivity index is 0.000000235. The van der Waals surface area contributed by atoms with E-state index in [9.17, 15) is 53.9 Å².